The van der Waals surface area contributed by atoms with Gasteiger partial charge < -0.3 is 10.6 Å². The van der Waals surface area contributed by atoms with Gasteiger partial charge in [-0.05, 0) is 44.4 Å². The van der Waals surface area contributed by atoms with Gasteiger partial charge in [-0.15, -0.1) is 0 Å². The van der Waals surface area contributed by atoms with Gasteiger partial charge in [0.15, 0.2) is 0 Å². The van der Waals surface area contributed by atoms with Gasteiger partial charge in [0.05, 0.1) is 13.1 Å². The van der Waals surface area contributed by atoms with Crippen LogP contribution in [-0.4, -0.2) is 42.4 Å². The molecule has 0 aromatic heterocycles. The third kappa shape index (κ3) is 6.86. The summed E-state index contributed by atoms with van der Waals surface area (Å²) in [5, 5.41) is 6.07. The van der Waals surface area contributed by atoms with Crippen LogP contribution >= 0.6 is 0 Å². The Hall–Kier alpha value is -1.88. The first-order chi connectivity index (χ1) is 12.1. The van der Waals surface area contributed by atoms with Gasteiger partial charge in [0.2, 0.25) is 11.8 Å². The van der Waals surface area contributed by atoms with E-state index in [1.54, 1.807) is 0 Å². The molecule has 0 aliphatic heterocycles. The summed E-state index contributed by atoms with van der Waals surface area (Å²) >= 11 is 0. The lowest BCUT2D eigenvalue weighted by atomic mass is 9.95. The van der Waals surface area contributed by atoms with Crippen LogP contribution in [-0.2, 0) is 9.59 Å². The molecule has 1 aliphatic rings. The van der Waals surface area contributed by atoms with Crippen molar-refractivity contribution in [1.82, 2.24) is 10.2 Å². The van der Waals surface area contributed by atoms with Crippen molar-refractivity contribution < 1.29 is 9.59 Å². The highest BCUT2D eigenvalue weighted by molar-refractivity contribution is 5.93. The smallest absolute Gasteiger partial charge is 0.238 e. The number of anilines is 1. The maximum atomic E-state index is 12.3. The van der Waals surface area contributed by atoms with Gasteiger partial charge in [0.25, 0.3) is 0 Å². The molecule has 0 radical (unpaired) electrons. The van der Waals surface area contributed by atoms with E-state index in [0.717, 1.165) is 37.1 Å². The molecule has 25 heavy (non-hydrogen) atoms. The normalized spacial score (nSPS) is 15.2. The van der Waals surface area contributed by atoms with Gasteiger partial charge in [0, 0.05) is 11.7 Å². The number of amides is 2. The lowest BCUT2D eigenvalue weighted by Crippen LogP contribution is -2.45. The second-order valence-corrected chi connectivity index (χ2v) is 6.98. The van der Waals surface area contributed by atoms with Gasteiger partial charge in [0.1, 0.15) is 0 Å². The molecule has 138 valence electrons. The highest BCUT2D eigenvalue weighted by Gasteiger charge is 2.19. The molecule has 0 bridgehead atoms. The van der Waals surface area contributed by atoms with Gasteiger partial charge in [-0.25, -0.2) is 0 Å². The summed E-state index contributed by atoms with van der Waals surface area (Å²) in [7, 11) is 0. The Bertz CT molecular complexity index is 568. The van der Waals surface area contributed by atoms with E-state index in [1.807, 2.05) is 36.1 Å². The highest BCUT2D eigenvalue weighted by atomic mass is 16.2. The number of hydrogen-bond acceptors (Lipinski definition) is 3. The van der Waals surface area contributed by atoms with E-state index in [1.165, 1.54) is 19.3 Å². The van der Waals surface area contributed by atoms with Gasteiger partial charge in [-0.1, -0.05) is 44.4 Å². The summed E-state index contributed by atoms with van der Waals surface area (Å²) in [6.45, 7) is 5.29. The Kier molecular flexibility index (Phi) is 7.92. The van der Waals surface area contributed by atoms with E-state index in [9.17, 15) is 9.59 Å². The van der Waals surface area contributed by atoms with Crippen LogP contribution in [0.2, 0.25) is 0 Å². The van der Waals surface area contributed by atoms with E-state index in [0.29, 0.717) is 6.04 Å². The van der Waals surface area contributed by atoms with Crippen LogP contribution in [0, 0.1) is 6.92 Å². The lowest BCUT2D eigenvalue weighted by molar-refractivity contribution is -0.124. The van der Waals surface area contributed by atoms with Crippen molar-refractivity contribution in [3.63, 3.8) is 0 Å². The third-order valence-electron chi connectivity index (χ3n) is 4.66. The fourth-order valence-electron chi connectivity index (χ4n) is 3.36. The average molecular weight is 345 g/mol. The Labute approximate surface area is 151 Å². The molecule has 2 rings (SSSR count). The van der Waals surface area contributed by atoms with Gasteiger partial charge in [-0.3, -0.25) is 14.5 Å². The number of hydrogen-bond donors (Lipinski definition) is 2. The zero-order chi connectivity index (χ0) is 18.1. The maximum Gasteiger partial charge on any atom is 0.238 e. The zero-order valence-electron chi connectivity index (χ0n) is 15.5. The number of aryl methyl sites for hydroxylation is 1. The number of carbonyl (C=O) groups is 2. The van der Waals surface area contributed by atoms with E-state index < -0.39 is 0 Å². The predicted molar refractivity (Wildman–Crippen MR) is 102 cm³/mol. The van der Waals surface area contributed by atoms with E-state index in [-0.39, 0.29) is 24.9 Å². The summed E-state index contributed by atoms with van der Waals surface area (Å²) in [6.07, 6.45) is 6.73. The van der Waals surface area contributed by atoms with Crippen LogP contribution in [0.3, 0.4) is 0 Å². The molecule has 0 unspecified atom stereocenters. The minimum absolute atomic E-state index is 0.0315. The van der Waals surface area contributed by atoms with E-state index >= 15 is 0 Å². The van der Waals surface area contributed by atoms with Crippen molar-refractivity contribution in [2.24, 2.45) is 0 Å². The quantitative estimate of drug-likeness (QED) is 0.761. The highest BCUT2D eigenvalue weighted by Crippen LogP contribution is 2.17. The molecule has 0 heterocycles. The van der Waals surface area contributed by atoms with Crippen LogP contribution in [0.5, 0.6) is 0 Å². The first-order valence-corrected chi connectivity index (χ1v) is 9.45. The van der Waals surface area contributed by atoms with E-state index in [2.05, 4.69) is 17.6 Å². The predicted octanol–water partition coefficient (Wildman–Crippen LogP) is 3.09. The summed E-state index contributed by atoms with van der Waals surface area (Å²) < 4.78 is 0. The van der Waals surface area contributed by atoms with Crippen LogP contribution in [0.15, 0.2) is 24.3 Å². The Morgan fingerprint density at radius 3 is 2.44 bits per heavy atom. The second kappa shape index (κ2) is 10.2. The topological polar surface area (TPSA) is 61.4 Å². The van der Waals surface area contributed by atoms with Crippen LogP contribution < -0.4 is 10.6 Å². The third-order valence-corrected chi connectivity index (χ3v) is 4.66. The fourth-order valence-corrected chi connectivity index (χ4v) is 3.36. The first kappa shape index (κ1) is 19.4. The summed E-state index contributed by atoms with van der Waals surface area (Å²) in [5.74, 6) is -0.0442. The SMILES string of the molecule is CCCN(CC(=O)Nc1ccccc1C)CC(=O)NC1CCCCC1. The van der Waals surface area contributed by atoms with Crippen LogP contribution in [0.25, 0.3) is 0 Å². The van der Waals surface area contributed by atoms with Gasteiger partial charge in [-0.2, -0.15) is 0 Å². The van der Waals surface area contributed by atoms with Crippen molar-refractivity contribution in [2.75, 3.05) is 25.0 Å². The lowest BCUT2D eigenvalue weighted by Gasteiger charge is -2.25. The Balaban J connectivity index is 1.83. The van der Waals surface area contributed by atoms with Crippen molar-refractivity contribution in [1.29, 1.82) is 0 Å². The summed E-state index contributed by atoms with van der Waals surface area (Å²) in [4.78, 5) is 26.6. The average Bonchev–Trinajstić information content (AvgIpc) is 2.58. The van der Waals surface area contributed by atoms with E-state index in [4.69, 9.17) is 0 Å². The number of nitrogens with one attached hydrogen (secondary N) is 2. The summed E-state index contributed by atoms with van der Waals surface area (Å²) in [6, 6.07) is 8.03. The monoisotopic (exact) mass is 345 g/mol. The number of carbonyl (C=O) groups excluding carboxylic acids is 2. The first-order valence-electron chi connectivity index (χ1n) is 9.45. The second-order valence-electron chi connectivity index (χ2n) is 6.98. The standard InChI is InChI=1S/C20H31N3O2/c1-3-13-23(14-19(24)21-17-10-5-4-6-11-17)15-20(25)22-18-12-8-7-9-16(18)2/h7-9,12,17H,3-6,10-11,13-15H2,1-2H3,(H,21,24)(H,22,25). The molecule has 1 saturated carbocycles. The molecule has 1 aliphatic carbocycles. The molecule has 0 spiro atoms. The maximum absolute atomic E-state index is 12.3. The van der Waals surface area contributed by atoms with Crippen molar-refractivity contribution in [3.8, 4) is 0 Å². The molecule has 1 aromatic carbocycles. The minimum atomic E-state index is -0.0757. The molecule has 0 atom stereocenters. The number of benzene rings is 1. The van der Waals surface area contributed by atoms with Crippen molar-refractivity contribution in [2.45, 2.75) is 58.4 Å². The molecule has 0 saturated heterocycles. The van der Waals surface area contributed by atoms with Crippen LogP contribution in [0.4, 0.5) is 5.69 Å². The molecule has 5 heteroatoms. The minimum Gasteiger partial charge on any atom is -0.352 e. The van der Waals surface area contributed by atoms with Crippen molar-refractivity contribution in [3.05, 3.63) is 29.8 Å². The molecule has 2 amide bonds. The molecule has 1 fully saturated rings. The number of nitrogens with zero attached hydrogens (tertiary/aromatic N) is 1. The van der Waals surface area contributed by atoms with Gasteiger partial charge >= 0.3 is 0 Å². The number of rotatable bonds is 8. The molecular weight excluding hydrogens is 314 g/mol. The van der Waals surface area contributed by atoms with Crippen molar-refractivity contribution >= 4 is 17.5 Å². The Morgan fingerprint density at radius 1 is 1.08 bits per heavy atom. The largest absolute Gasteiger partial charge is 0.352 e. The molecule has 2 N–H and O–H groups in total. The number of para-hydroxylation sites is 1. The molecule has 5 nitrogen and oxygen atoms in total. The molecule has 1 aromatic rings. The fraction of sp³-hybridized carbons (Fsp3) is 0.600. The zero-order valence-corrected chi connectivity index (χ0v) is 15.5. The van der Waals surface area contributed by atoms with Crippen LogP contribution in [0.1, 0.15) is 51.0 Å². The summed E-state index contributed by atoms with van der Waals surface area (Å²) in [5.41, 5.74) is 1.86. The Morgan fingerprint density at radius 2 is 1.76 bits per heavy atom. The molecular formula is C20H31N3O2.